The monoisotopic (exact) mass is 412 g/mol. The minimum atomic E-state index is -0.676. The number of nitrogens with one attached hydrogen (secondary N) is 1. The zero-order valence-electron chi connectivity index (χ0n) is 17.6. The van der Waals surface area contributed by atoms with Crippen molar-refractivity contribution < 1.29 is 23.8 Å². The minimum absolute atomic E-state index is 0.277. The van der Waals surface area contributed by atoms with Gasteiger partial charge in [-0.05, 0) is 55.7 Å². The molecule has 3 rings (SSSR count). The largest absolute Gasteiger partial charge is 0.497 e. The fourth-order valence-electron chi connectivity index (χ4n) is 3.41. The second kappa shape index (κ2) is 10.1. The summed E-state index contributed by atoms with van der Waals surface area (Å²) >= 11 is 0. The lowest BCUT2D eigenvalue weighted by molar-refractivity contribution is -0.127. The molecule has 7 nitrogen and oxygen atoms in total. The number of amides is 1. The molecule has 0 aromatic heterocycles. The molecular formula is C23H28N2O5. The van der Waals surface area contributed by atoms with E-state index in [9.17, 15) is 9.59 Å². The van der Waals surface area contributed by atoms with E-state index in [1.807, 2.05) is 30.3 Å². The van der Waals surface area contributed by atoms with Crippen LogP contribution in [0.3, 0.4) is 0 Å². The molecule has 0 radical (unpaired) electrons. The van der Waals surface area contributed by atoms with Crippen molar-refractivity contribution in [2.24, 2.45) is 0 Å². The highest BCUT2D eigenvalue weighted by molar-refractivity contribution is 5.99. The van der Waals surface area contributed by atoms with Crippen LogP contribution in [0.1, 0.15) is 35.7 Å². The fraction of sp³-hybridized carbons (Fsp3) is 0.391. The first-order chi connectivity index (χ1) is 14.5. The van der Waals surface area contributed by atoms with Crippen molar-refractivity contribution in [3.05, 3.63) is 53.6 Å². The number of carbonyl (C=O) groups is 2. The molecule has 1 unspecified atom stereocenters. The lowest BCUT2D eigenvalue weighted by atomic mass is 10.1. The summed E-state index contributed by atoms with van der Waals surface area (Å²) < 4.78 is 15.8. The molecule has 0 spiro atoms. The second-order valence-corrected chi connectivity index (χ2v) is 7.21. The highest BCUT2D eigenvalue weighted by atomic mass is 16.5. The number of methoxy groups -OCH3 is 2. The first-order valence-corrected chi connectivity index (χ1v) is 10.0. The Bertz CT molecular complexity index is 893. The molecule has 1 heterocycles. The Labute approximate surface area is 176 Å². The Balaban J connectivity index is 1.70. The Hall–Kier alpha value is -3.06. The van der Waals surface area contributed by atoms with Gasteiger partial charge in [0, 0.05) is 13.1 Å². The third-order valence-corrected chi connectivity index (χ3v) is 5.13. The summed E-state index contributed by atoms with van der Waals surface area (Å²) in [6, 6.07) is 12.8. The van der Waals surface area contributed by atoms with Gasteiger partial charge in [-0.15, -0.1) is 0 Å². The molecule has 1 fully saturated rings. The lowest BCUT2D eigenvalue weighted by Gasteiger charge is -2.23. The Kier molecular flexibility index (Phi) is 7.30. The maximum absolute atomic E-state index is 12.8. The van der Waals surface area contributed by atoms with Crippen molar-refractivity contribution in [1.29, 1.82) is 0 Å². The smallest absolute Gasteiger partial charge is 0.337 e. The Morgan fingerprint density at radius 2 is 1.87 bits per heavy atom. The second-order valence-electron chi connectivity index (χ2n) is 7.21. The van der Waals surface area contributed by atoms with Crippen molar-refractivity contribution in [3.63, 3.8) is 0 Å². The van der Waals surface area contributed by atoms with Crippen LogP contribution >= 0.6 is 0 Å². The molecule has 2 aromatic rings. The molecule has 1 aliphatic heterocycles. The topological polar surface area (TPSA) is 77.1 Å². The number of hydrogen-bond acceptors (Lipinski definition) is 6. The van der Waals surface area contributed by atoms with Crippen molar-refractivity contribution in [2.75, 3.05) is 37.5 Å². The Morgan fingerprint density at radius 1 is 1.10 bits per heavy atom. The molecule has 7 heteroatoms. The molecule has 1 aliphatic rings. The van der Waals surface area contributed by atoms with Gasteiger partial charge < -0.3 is 24.4 Å². The SMILES string of the molecule is COC(=O)c1ccc(N2CCCC2)c(NC(=O)C(C)OCc2cccc(OC)c2)c1. The first-order valence-electron chi connectivity index (χ1n) is 10.0. The summed E-state index contributed by atoms with van der Waals surface area (Å²) in [5.41, 5.74) is 2.79. The number of ether oxygens (including phenoxy) is 3. The van der Waals surface area contributed by atoms with Crippen LogP contribution in [-0.2, 0) is 20.9 Å². The van der Waals surface area contributed by atoms with E-state index in [-0.39, 0.29) is 12.5 Å². The van der Waals surface area contributed by atoms with E-state index in [1.54, 1.807) is 26.2 Å². The van der Waals surface area contributed by atoms with Crippen LogP contribution in [0.2, 0.25) is 0 Å². The van der Waals surface area contributed by atoms with Gasteiger partial charge in [-0.1, -0.05) is 12.1 Å². The fourth-order valence-corrected chi connectivity index (χ4v) is 3.41. The van der Waals surface area contributed by atoms with E-state index in [2.05, 4.69) is 10.2 Å². The van der Waals surface area contributed by atoms with Crippen LogP contribution in [-0.4, -0.2) is 45.3 Å². The highest BCUT2D eigenvalue weighted by Crippen LogP contribution is 2.30. The van der Waals surface area contributed by atoms with Gasteiger partial charge in [-0.2, -0.15) is 0 Å². The molecule has 1 atom stereocenters. The van der Waals surface area contributed by atoms with Crippen LogP contribution in [0.5, 0.6) is 5.75 Å². The number of hydrogen-bond donors (Lipinski definition) is 1. The van der Waals surface area contributed by atoms with E-state index in [0.717, 1.165) is 42.9 Å². The van der Waals surface area contributed by atoms with Crippen molar-refractivity contribution >= 4 is 23.3 Å². The van der Waals surface area contributed by atoms with Gasteiger partial charge in [0.15, 0.2) is 0 Å². The molecule has 0 bridgehead atoms. The van der Waals surface area contributed by atoms with Crippen molar-refractivity contribution in [2.45, 2.75) is 32.5 Å². The zero-order chi connectivity index (χ0) is 21.5. The average molecular weight is 412 g/mol. The van der Waals surface area contributed by atoms with E-state index in [0.29, 0.717) is 11.3 Å². The van der Waals surface area contributed by atoms with Gasteiger partial charge in [0.25, 0.3) is 5.91 Å². The standard InChI is InChI=1S/C23H28N2O5/c1-16(30-15-17-7-6-8-19(13-17)28-2)22(26)24-20-14-18(23(27)29-3)9-10-21(20)25-11-4-5-12-25/h6-10,13-14,16H,4-5,11-12,15H2,1-3H3,(H,24,26). The summed E-state index contributed by atoms with van der Waals surface area (Å²) in [7, 11) is 2.94. The summed E-state index contributed by atoms with van der Waals surface area (Å²) in [6.45, 7) is 3.83. The van der Waals surface area contributed by atoms with Crippen LogP contribution in [0.15, 0.2) is 42.5 Å². The minimum Gasteiger partial charge on any atom is -0.497 e. The molecule has 1 N–H and O–H groups in total. The zero-order valence-corrected chi connectivity index (χ0v) is 17.6. The van der Waals surface area contributed by atoms with E-state index in [1.165, 1.54) is 7.11 Å². The predicted molar refractivity (Wildman–Crippen MR) is 115 cm³/mol. The van der Waals surface area contributed by atoms with Gasteiger partial charge in [-0.3, -0.25) is 4.79 Å². The van der Waals surface area contributed by atoms with E-state index < -0.39 is 12.1 Å². The van der Waals surface area contributed by atoms with Gasteiger partial charge in [0.2, 0.25) is 0 Å². The molecule has 160 valence electrons. The number of rotatable bonds is 8. The summed E-state index contributed by atoms with van der Waals surface area (Å²) in [5, 5.41) is 2.93. The molecule has 0 saturated carbocycles. The summed E-state index contributed by atoms with van der Waals surface area (Å²) in [4.78, 5) is 26.9. The quantitative estimate of drug-likeness (QED) is 0.668. The van der Waals surface area contributed by atoms with Gasteiger partial charge in [-0.25, -0.2) is 4.79 Å². The third kappa shape index (κ3) is 5.30. The Morgan fingerprint density at radius 3 is 2.57 bits per heavy atom. The number of anilines is 2. The normalized spacial score (nSPS) is 14.3. The number of nitrogens with zero attached hydrogens (tertiary/aromatic N) is 1. The first kappa shape index (κ1) is 21.6. The summed E-state index contributed by atoms with van der Waals surface area (Å²) in [6.07, 6.45) is 1.53. The van der Waals surface area contributed by atoms with Crippen molar-refractivity contribution in [1.82, 2.24) is 0 Å². The third-order valence-electron chi connectivity index (χ3n) is 5.13. The van der Waals surface area contributed by atoms with Crippen LogP contribution < -0.4 is 15.0 Å². The molecule has 30 heavy (non-hydrogen) atoms. The van der Waals surface area contributed by atoms with Crippen LogP contribution in [0.25, 0.3) is 0 Å². The maximum Gasteiger partial charge on any atom is 0.337 e. The van der Waals surface area contributed by atoms with Gasteiger partial charge in [0.05, 0.1) is 37.8 Å². The number of carbonyl (C=O) groups excluding carboxylic acids is 2. The summed E-state index contributed by atoms with van der Waals surface area (Å²) in [5.74, 6) is 0.0178. The number of esters is 1. The molecular weight excluding hydrogens is 384 g/mol. The highest BCUT2D eigenvalue weighted by Gasteiger charge is 2.21. The molecule has 2 aromatic carbocycles. The van der Waals surface area contributed by atoms with Gasteiger partial charge >= 0.3 is 5.97 Å². The van der Waals surface area contributed by atoms with E-state index >= 15 is 0 Å². The molecule has 1 saturated heterocycles. The van der Waals surface area contributed by atoms with Crippen molar-refractivity contribution in [3.8, 4) is 5.75 Å². The maximum atomic E-state index is 12.8. The van der Waals surface area contributed by atoms with Crippen LogP contribution in [0, 0.1) is 0 Å². The average Bonchev–Trinajstić information content (AvgIpc) is 3.31. The van der Waals surface area contributed by atoms with Gasteiger partial charge in [0.1, 0.15) is 11.9 Å². The number of benzene rings is 2. The molecule has 0 aliphatic carbocycles. The van der Waals surface area contributed by atoms with E-state index in [4.69, 9.17) is 14.2 Å². The predicted octanol–water partition coefficient (Wildman–Crippen LogP) is 3.63. The lowest BCUT2D eigenvalue weighted by Crippen LogP contribution is -2.29. The molecule has 1 amide bonds. The van der Waals surface area contributed by atoms with Crippen LogP contribution in [0.4, 0.5) is 11.4 Å².